The second kappa shape index (κ2) is 5.10. The van der Waals surface area contributed by atoms with Crippen LogP contribution in [0.4, 0.5) is 0 Å². The molecule has 102 valence electrons. The summed E-state index contributed by atoms with van der Waals surface area (Å²) >= 11 is 0. The van der Waals surface area contributed by atoms with Gasteiger partial charge in [-0.25, -0.2) is 0 Å². The molecule has 1 saturated carbocycles. The fraction of sp³-hybridized carbons (Fsp3) is 0.375. The Labute approximate surface area is 118 Å². The van der Waals surface area contributed by atoms with Crippen LogP contribution in [0.1, 0.15) is 19.8 Å². The van der Waals surface area contributed by atoms with Crippen molar-refractivity contribution in [3.05, 3.63) is 36.5 Å². The Bertz CT molecular complexity index is 655. The number of hydrogen-bond acceptors (Lipinski definition) is 4. The minimum absolute atomic E-state index is 0.327. The van der Waals surface area contributed by atoms with E-state index in [1.807, 2.05) is 37.3 Å². The van der Waals surface area contributed by atoms with Crippen LogP contribution in [0.5, 0.6) is 5.75 Å². The molecule has 0 bridgehead atoms. The van der Waals surface area contributed by atoms with Crippen LogP contribution in [-0.4, -0.2) is 23.2 Å². The fourth-order valence-corrected chi connectivity index (χ4v) is 2.21. The van der Waals surface area contributed by atoms with Crippen molar-refractivity contribution in [3.8, 4) is 11.8 Å². The highest BCUT2D eigenvalue weighted by Crippen LogP contribution is 2.26. The number of rotatable bonds is 5. The molecular weight excluding hydrogens is 250 g/mol. The van der Waals surface area contributed by atoms with Gasteiger partial charge in [0.25, 0.3) is 0 Å². The normalized spacial score (nSPS) is 17.4. The summed E-state index contributed by atoms with van der Waals surface area (Å²) < 4.78 is 5.88. The van der Waals surface area contributed by atoms with Crippen molar-refractivity contribution in [1.29, 1.82) is 5.26 Å². The molecule has 0 spiro atoms. The Morgan fingerprint density at radius 2 is 2.25 bits per heavy atom. The van der Waals surface area contributed by atoms with Gasteiger partial charge < -0.3 is 4.74 Å². The predicted molar refractivity (Wildman–Crippen MR) is 77.4 cm³/mol. The molecule has 1 aromatic carbocycles. The molecule has 20 heavy (non-hydrogen) atoms. The van der Waals surface area contributed by atoms with Gasteiger partial charge >= 0.3 is 0 Å². The first-order valence-electron chi connectivity index (χ1n) is 6.86. The lowest BCUT2D eigenvalue weighted by molar-refractivity contribution is 0.235. The van der Waals surface area contributed by atoms with Crippen molar-refractivity contribution in [2.24, 2.45) is 0 Å². The molecule has 3 rings (SSSR count). The van der Waals surface area contributed by atoms with Gasteiger partial charge in [0, 0.05) is 17.6 Å². The van der Waals surface area contributed by atoms with Gasteiger partial charge in [-0.1, -0.05) is 6.07 Å². The van der Waals surface area contributed by atoms with Gasteiger partial charge in [0.1, 0.15) is 17.9 Å². The molecule has 1 unspecified atom stereocenters. The van der Waals surface area contributed by atoms with Gasteiger partial charge in [0.05, 0.1) is 11.6 Å². The van der Waals surface area contributed by atoms with E-state index in [0.29, 0.717) is 12.6 Å². The second-order valence-electron chi connectivity index (χ2n) is 5.48. The lowest BCUT2D eigenvalue weighted by Gasteiger charge is -2.23. The summed E-state index contributed by atoms with van der Waals surface area (Å²) in [6.45, 7) is 2.21. The standard InChI is InChI=1S/C16H17N3O/c1-16(10-17,19-12-7-8-12)11-20-15-6-2-5-14-13(15)4-3-9-18-14/h2-6,9,12,19H,7-8,11H2,1H3. The number of nitrogens with one attached hydrogen (secondary N) is 1. The highest BCUT2D eigenvalue weighted by molar-refractivity contribution is 5.84. The van der Waals surface area contributed by atoms with Gasteiger partial charge in [0.2, 0.25) is 0 Å². The molecule has 1 atom stereocenters. The molecule has 0 amide bonds. The highest BCUT2D eigenvalue weighted by atomic mass is 16.5. The predicted octanol–water partition coefficient (Wildman–Crippen LogP) is 2.65. The molecule has 1 aromatic heterocycles. The van der Waals surface area contributed by atoms with Crippen molar-refractivity contribution in [1.82, 2.24) is 10.3 Å². The van der Waals surface area contributed by atoms with Gasteiger partial charge in [0.15, 0.2) is 0 Å². The van der Waals surface area contributed by atoms with Crippen LogP contribution >= 0.6 is 0 Å². The fourth-order valence-electron chi connectivity index (χ4n) is 2.21. The number of ether oxygens (including phenoxy) is 1. The van der Waals surface area contributed by atoms with E-state index in [1.54, 1.807) is 6.20 Å². The van der Waals surface area contributed by atoms with Crippen molar-refractivity contribution in [2.45, 2.75) is 31.3 Å². The first kappa shape index (κ1) is 12.9. The number of benzene rings is 1. The number of nitrogens with zero attached hydrogens (tertiary/aromatic N) is 2. The minimum atomic E-state index is -0.647. The third kappa shape index (κ3) is 2.73. The molecule has 0 radical (unpaired) electrons. The van der Waals surface area contributed by atoms with Crippen LogP contribution in [0.3, 0.4) is 0 Å². The average molecular weight is 267 g/mol. The zero-order valence-electron chi connectivity index (χ0n) is 11.5. The summed E-state index contributed by atoms with van der Waals surface area (Å²) in [5.41, 5.74) is 0.254. The monoisotopic (exact) mass is 267 g/mol. The third-order valence-corrected chi connectivity index (χ3v) is 3.47. The number of hydrogen-bond donors (Lipinski definition) is 1. The maximum atomic E-state index is 9.35. The molecule has 1 heterocycles. The molecular formula is C16H17N3O. The van der Waals surface area contributed by atoms with Crippen LogP contribution < -0.4 is 10.1 Å². The number of fused-ring (bicyclic) bond motifs is 1. The van der Waals surface area contributed by atoms with Gasteiger partial charge in [-0.2, -0.15) is 5.26 Å². The Hall–Kier alpha value is -2.12. The van der Waals surface area contributed by atoms with Gasteiger partial charge in [-0.05, 0) is 44.0 Å². The van der Waals surface area contributed by atoms with Crippen LogP contribution in [0.2, 0.25) is 0 Å². The van der Waals surface area contributed by atoms with Crippen LogP contribution in [0.25, 0.3) is 10.9 Å². The molecule has 0 aliphatic heterocycles. The number of aromatic nitrogens is 1. The van der Waals surface area contributed by atoms with Crippen molar-refractivity contribution in [3.63, 3.8) is 0 Å². The van der Waals surface area contributed by atoms with E-state index in [-0.39, 0.29) is 0 Å². The number of pyridine rings is 1. The Morgan fingerprint density at radius 1 is 1.40 bits per heavy atom. The maximum absolute atomic E-state index is 9.35. The lowest BCUT2D eigenvalue weighted by Crippen LogP contribution is -2.47. The average Bonchev–Trinajstić information content (AvgIpc) is 3.29. The van der Waals surface area contributed by atoms with Crippen molar-refractivity contribution in [2.75, 3.05) is 6.61 Å². The molecule has 1 fully saturated rings. The summed E-state index contributed by atoms with van der Waals surface area (Å²) in [7, 11) is 0. The SMILES string of the molecule is CC(C#N)(COc1cccc2ncccc12)NC1CC1. The molecule has 2 aromatic rings. The molecule has 1 aliphatic carbocycles. The van der Waals surface area contributed by atoms with Crippen molar-refractivity contribution < 1.29 is 4.74 Å². The Morgan fingerprint density at radius 3 is 3.00 bits per heavy atom. The van der Waals surface area contributed by atoms with E-state index < -0.39 is 5.54 Å². The Kier molecular flexibility index (Phi) is 3.29. The second-order valence-corrected chi connectivity index (χ2v) is 5.48. The van der Waals surface area contributed by atoms with E-state index >= 15 is 0 Å². The molecule has 1 N–H and O–H groups in total. The van der Waals surface area contributed by atoms with Gasteiger partial charge in [-0.3, -0.25) is 10.3 Å². The third-order valence-electron chi connectivity index (χ3n) is 3.47. The van der Waals surface area contributed by atoms with E-state index in [2.05, 4.69) is 16.4 Å². The van der Waals surface area contributed by atoms with Gasteiger partial charge in [-0.15, -0.1) is 0 Å². The quantitative estimate of drug-likeness (QED) is 0.904. The largest absolute Gasteiger partial charge is 0.490 e. The van der Waals surface area contributed by atoms with E-state index in [9.17, 15) is 5.26 Å². The lowest BCUT2D eigenvalue weighted by atomic mass is 10.1. The van der Waals surface area contributed by atoms with E-state index in [4.69, 9.17) is 4.74 Å². The first-order valence-corrected chi connectivity index (χ1v) is 6.86. The highest BCUT2D eigenvalue weighted by Gasteiger charge is 2.33. The number of nitriles is 1. The van der Waals surface area contributed by atoms with Crippen LogP contribution in [0.15, 0.2) is 36.5 Å². The van der Waals surface area contributed by atoms with Crippen molar-refractivity contribution >= 4 is 10.9 Å². The molecule has 4 heteroatoms. The zero-order valence-corrected chi connectivity index (χ0v) is 11.5. The topological polar surface area (TPSA) is 57.9 Å². The van der Waals surface area contributed by atoms with E-state index in [0.717, 1.165) is 29.5 Å². The summed E-state index contributed by atoms with van der Waals surface area (Å²) in [5.74, 6) is 0.773. The summed E-state index contributed by atoms with van der Waals surface area (Å²) in [5, 5.41) is 13.7. The zero-order chi connectivity index (χ0) is 14.0. The van der Waals surface area contributed by atoms with Crippen LogP contribution in [0, 0.1) is 11.3 Å². The summed E-state index contributed by atoms with van der Waals surface area (Å²) in [4.78, 5) is 4.30. The Balaban J connectivity index is 1.77. The molecule has 1 aliphatic rings. The van der Waals surface area contributed by atoms with Crippen LogP contribution in [-0.2, 0) is 0 Å². The molecule has 0 saturated heterocycles. The minimum Gasteiger partial charge on any atom is -0.490 e. The molecule has 4 nitrogen and oxygen atoms in total. The summed E-state index contributed by atoms with van der Waals surface area (Å²) in [6.07, 6.45) is 4.06. The first-order chi connectivity index (χ1) is 9.70. The van der Waals surface area contributed by atoms with E-state index in [1.165, 1.54) is 0 Å². The smallest absolute Gasteiger partial charge is 0.138 e. The summed E-state index contributed by atoms with van der Waals surface area (Å²) in [6, 6.07) is 12.4. The maximum Gasteiger partial charge on any atom is 0.138 e.